The number of aliphatic hydroxyl groups is 1. The minimum Gasteiger partial charge on any atom is -0.446 e. The summed E-state index contributed by atoms with van der Waals surface area (Å²) in [5.74, 6) is -0.483. The summed E-state index contributed by atoms with van der Waals surface area (Å²) in [5.41, 5.74) is 9.66. The van der Waals surface area contributed by atoms with E-state index < -0.39 is 24.3 Å². The van der Waals surface area contributed by atoms with Gasteiger partial charge in [0.15, 0.2) is 5.13 Å². The number of fused-ring (bicyclic) bond motifs is 1. The van der Waals surface area contributed by atoms with Crippen molar-refractivity contribution in [1.82, 2.24) is 55.0 Å². The first kappa shape index (κ1) is 51.2. The number of pyridine rings is 1. The van der Waals surface area contributed by atoms with Gasteiger partial charge in [0.2, 0.25) is 23.7 Å². The van der Waals surface area contributed by atoms with Gasteiger partial charge in [0.05, 0.1) is 56.5 Å². The summed E-state index contributed by atoms with van der Waals surface area (Å²) in [6, 6.07) is 14.1. The number of benzene rings is 2. The maximum atomic E-state index is 14.3. The monoisotopic (exact) mass is 1050 g/mol. The first-order valence-electron chi connectivity index (χ1n) is 25.4. The quantitative estimate of drug-likeness (QED) is 0.0790. The van der Waals surface area contributed by atoms with Crippen molar-refractivity contribution in [3.63, 3.8) is 0 Å². The van der Waals surface area contributed by atoms with Gasteiger partial charge in [-0.05, 0) is 80.3 Å². The third-order valence-corrected chi connectivity index (χ3v) is 16.0. The number of likely N-dealkylation sites (tertiary alicyclic amines) is 1. The molecule has 3 aliphatic rings. The highest BCUT2D eigenvalue weighted by Crippen LogP contribution is 2.33. The molecule has 3 fully saturated rings. The van der Waals surface area contributed by atoms with E-state index in [2.05, 4.69) is 61.0 Å². The van der Waals surface area contributed by atoms with E-state index in [4.69, 9.17) is 4.74 Å². The van der Waals surface area contributed by atoms with Crippen LogP contribution in [0.2, 0.25) is 0 Å². The highest BCUT2D eigenvalue weighted by atomic mass is 32.1. The van der Waals surface area contributed by atoms with Gasteiger partial charge >= 0.3 is 6.09 Å². The summed E-state index contributed by atoms with van der Waals surface area (Å²) >= 11 is 2.98. The normalized spacial score (nSPS) is 17.8. The third kappa shape index (κ3) is 12.0. The zero-order valence-electron chi connectivity index (χ0n) is 42.3. The van der Waals surface area contributed by atoms with Crippen molar-refractivity contribution in [2.24, 2.45) is 5.92 Å². The van der Waals surface area contributed by atoms with Crippen molar-refractivity contribution in [3.8, 4) is 32.8 Å². The molecule has 22 heteroatoms. The minimum atomic E-state index is -0.842. The first-order chi connectivity index (χ1) is 36.3. The fourth-order valence-corrected chi connectivity index (χ4v) is 11.7. The number of aryl methyl sites for hydroxylation is 2. The maximum Gasteiger partial charge on any atom is 0.411 e. The van der Waals surface area contributed by atoms with Crippen LogP contribution in [0.1, 0.15) is 75.4 Å². The number of aromatic nitrogens is 8. The molecule has 390 valence electrons. The molecule has 2 aromatic carbocycles. The van der Waals surface area contributed by atoms with Crippen LogP contribution in [0.5, 0.6) is 0 Å². The third-order valence-electron chi connectivity index (χ3n) is 14.0. The van der Waals surface area contributed by atoms with Gasteiger partial charge < -0.3 is 30.3 Å². The second kappa shape index (κ2) is 22.7. The number of amides is 4. The number of piperazine rings is 1. The molecule has 0 unspecified atom stereocenters. The number of carbonyl (C=O) groups is 4. The molecular formula is C53H60N14O6S2. The number of carbonyl (C=O) groups excluding carboxylic acids is 4. The lowest BCUT2D eigenvalue weighted by Crippen LogP contribution is -2.49. The highest BCUT2D eigenvalue weighted by molar-refractivity contribution is 7.22. The number of β-amino-alcohol motifs (C(OH)–C–C–N with tert-alkyl or cyclic N) is 1. The summed E-state index contributed by atoms with van der Waals surface area (Å²) in [6.07, 6.45) is 10.7. The first-order valence-corrected chi connectivity index (χ1v) is 27.1. The van der Waals surface area contributed by atoms with Gasteiger partial charge in [-0.3, -0.25) is 29.6 Å². The molecule has 1 saturated carbocycles. The lowest BCUT2D eigenvalue weighted by atomic mass is 9.98. The second-order valence-corrected chi connectivity index (χ2v) is 21.7. The van der Waals surface area contributed by atoms with E-state index in [0.29, 0.717) is 59.9 Å². The summed E-state index contributed by atoms with van der Waals surface area (Å²) in [6.45, 7) is 10.6. The Morgan fingerprint density at radius 2 is 1.59 bits per heavy atom. The zero-order chi connectivity index (χ0) is 52.2. The van der Waals surface area contributed by atoms with E-state index in [9.17, 15) is 24.3 Å². The van der Waals surface area contributed by atoms with Crippen molar-refractivity contribution in [3.05, 3.63) is 95.8 Å². The van der Waals surface area contributed by atoms with Crippen molar-refractivity contribution < 1.29 is 29.0 Å². The van der Waals surface area contributed by atoms with Gasteiger partial charge in [-0.15, -0.1) is 16.4 Å². The van der Waals surface area contributed by atoms with Gasteiger partial charge in [0, 0.05) is 75.4 Å². The molecular weight excluding hydrogens is 993 g/mol. The fraction of sp³-hybridized carbons (Fsp3) is 0.415. The Bertz CT molecular complexity index is 3160. The number of hydrogen-bond acceptors (Lipinski definition) is 17. The van der Waals surface area contributed by atoms with E-state index in [-0.39, 0.29) is 55.8 Å². The Morgan fingerprint density at radius 1 is 0.840 bits per heavy atom. The molecule has 4 amide bonds. The van der Waals surface area contributed by atoms with Gasteiger partial charge in [0.1, 0.15) is 23.9 Å². The second-order valence-electron chi connectivity index (χ2n) is 19.8. The van der Waals surface area contributed by atoms with Crippen LogP contribution in [0, 0.1) is 19.8 Å². The molecule has 0 bridgehead atoms. The fourth-order valence-electron chi connectivity index (χ4n) is 9.92. The number of anilines is 3. The van der Waals surface area contributed by atoms with Crippen LogP contribution in [-0.4, -0.2) is 136 Å². The van der Waals surface area contributed by atoms with Crippen LogP contribution < -0.4 is 20.9 Å². The predicted octanol–water partition coefficient (Wildman–Crippen LogP) is 7.26. The van der Waals surface area contributed by atoms with Crippen LogP contribution in [0.4, 0.5) is 21.6 Å². The van der Waals surface area contributed by atoms with Crippen molar-refractivity contribution in [2.45, 2.75) is 97.1 Å². The molecule has 10 rings (SSSR count). The van der Waals surface area contributed by atoms with Crippen LogP contribution in [0.25, 0.3) is 43.0 Å². The number of ether oxygens (including phenoxy) is 1. The molecule has 0 spiro atoms. The minimum absolute atomic E-state index is 0.0322. The number of rotatable bonds is 15. The number of hydrogen-bond donors (Lipinski definition) is 4. The SMILES string of the molecule is Cc1ncc(-c2ccc3nc(NC(=O)CN4CCN(c5ncc(-c6cn([C@H](C(=O)N7C[C@H](O)C[C@H]7C(=O)NCc7ccc(-c8scnc8C)cc7)C(C)C)nn6)cn5)CC4)sc3c2)cc1NC(=O)OC1CCCCC1. The molecule has 2 aliphatic heterocycles. The zero-order valence-corrected chi connectivity index (χ0v) is 43.9. The summed E-state index contributed by atoms with van der Waals surface area (Å²) in [5, 5.41) is 28.8. The van der Waals surface area contributed by atoms with Crippen molar-refractivity contribution >= 4 is 73.5 Å². The van der Waals surface area contributed by atoms with E-state index in [1.807, 2.05) is 81.7 Å². The Kier molecular flexibility index (Phi) is 15.5. The molecule has 75 heavy (non-hydrogen) atoms. The van der Waals surface area contributed by atoms with Crippen molar-refractivity contribution in [1.29, 1.82) is 0 Å². The number of aliphatic hydroxyl groups excluding tert-OH is 1. The average Bonchev–Trinajstić information content (AvgIpc) is 4.24. The Morgan fingerprint density at radius 3 is 2.32 bits per heavy atom. The van der Waals surface area contributed by atoms with E-state index in [0.717, 1.165) is 68.7 Å². The molecule has 20 nitrogen and oxygen atoms in total. The van der Waals surface area contributed by atoms with Crippen LogP contribution in [0.3, 0.4) is 0 Å². The predicted molar refractivity (Wildman–Crippen MR) is 287 cm³/mol. The number of nitrogens with one attached hydrogen (secondary N) is 3. The molecule has 0 radical (unpaired) electrons. The number of nitrogens with zero attached hydrogens (tertiary/aromatic N) is 11. The number of thiazole rings is 2. The standard InChI is InChI=1S/C53H60N14O6S2/c1-31(2)47(50(71)66-27-39(68)22-44(66)49(70)55-23-34-10-12-35(13-11-34)48-33(4)58-30-74-48)67-28-43(62-63-67)38-25-56-51(57-26-38)65-18-16-64(17-19-65)29-46(69)61-52-59-41-15-14-36(21-45(41)75-52)37-20-42(32(3)54-24-37)60-53(72)73-40-8-6-5-7-9-40/h10-15,20-21,24-26,28,30-31,39-40,44,47,68H,5-9,16-19,22-23,27,29H2,1-4H3,(H,55,70)(H,60,72)(H,59,61,69)/t39-,44+,47+/m1/s1. The van der Waals surface area contributed by atoms with Crippen LogP contribution in [-0.2, 0) is 25.7 Å². The topological polar surface area (TPSA) is 239 Å². The Balaban J connectivity index is 0.698. The van der Waals surface area contributed by atoms with Gasteiger partial charge in [-0.25, -0.2) is 29.4 Å². The highest BCUT2D eigenvalue weighted by Gasteiger charge is 2.43. The maximum absolute atomic E-state index is 14.3. The average molecular weight is 1050 g/mol. The lowest BCUT2D eigenvalue weighted by Gasteiger charge is -2.34. The molecule has 7 aromatic rings. The van der Waals surface area contributed by atoms with Gasteiger partial charge in [-0.1, -0.05) is 67.2 Å². The molecule has 2 saturated heterocycles. The largest absolute Gasteiger partial charge is 0.446 e. The molecule has 1 aliphatic carbocycles. The Hall–Kier alpha value is -7.27. The molecule has 5 aromatic heterocycles. The lowest BCUT2D eigenvalue weighted by molar-refractivity contribution is -0.142. The van der Waals surface area contributed by atoms with E-state index >= 15 is 0 Å². The molecule has 7 heterocycles. The summed E-state index contributed by atoms with van der Waals surface area (Å²) in [7, 11) is 0. The van der Waals surface area contributed by atoms with E-state index in [1.54, 1.807) is 36.1 Å². The Labute approximate surface area is 442 Å². The van der Waals surface area contributed by atoms with Crippen LogP contribution >= 0.6 is 22.7 Å². The summed E-state index contributed by atoms with van der Waals surface area (Å²) in [4.78, 5) is 83.4. The smallest absolute Gasteiger partial charge is 0.411 e. The van der Waals surface area contributed by atoms with Crippen molar-refractivity contribution in [2.75, 3.05) is 54.8 Å². The van der Waals surface area contributed by atoms with Gasteiger partial charge in [-0.2, -0.15) is 0 Å². The molecule has 3 atom stereocenters. The van der Waals surface area contributed by atoms with E-state index in [1.165, 1.54) is 27.3 Å². The molecule has 4 N–H and O–H groups in total. The van der Waals surface area contributed by atoms with Gasteiger partial charge in [0.25, 0.3) is 0 Å². The van der Waals surface area contributed by atoms with Crippen LogP contribution in [0.15, 0.2) is 78.8 Å². The summed E-state index contributed by atoms with van der Waals surface area (Å²) < 4.78 is 8.09.